The van der Waals surface area contributed by atoms with Crippen LogP contribution < -0.4 is 9.64 Å². The average Bonchev–Trinajstić information content (AvgIpc) is 3.48. The summed E-state index contributed by atoms with van der Waals surface area (Å²) in [5, 5.41) is 16.2. The number of aromatic amines is 1. The number of nitrogens with zero attached hydrogens (tertiary/aromatic N) is 6. The fourth-order valence-corrected chi connectivity index (χ4v) is 5.39. The Balaban J connectivity index is 1.37. The molecule has 0 atom stereocenters. The first-order valence-corrected chi connectivity index (χ1v) is 12.3. The van der Waals surface area contributed by atoms with Crippen molar-refractivity contribution in [1.29, 1.82) is 0 Å². The van der Waals surface area contributed by atoms with Gasteiger partial charge in [-0.25, -0.2) is 4.98 Å². The molecule has 2 aromatic carbocycles. The monoisotopic (exact) mass is 463 g/mol. The third-order valence-electron chi connectivity index (χ3n) is 5.90. The minimum Gasteiger partial charge on any atom is -0.491 e. The van der Waals surface area contributed by atoms with Crippen LogP contribution >= 0.6 is 11.3 Å². The van der Waals surface area contributed by atoms with E-state index in [1.165, 1.54) is 15.3 Å². The third kappa shape index (κ3) is 4.69. The van der Waals surface area contributed by atoms with Crippen LogP contribution in [0.1, 0.15) is 31.3 Å². The molecule has 4 aromatic rings. The summed E-state index contributed by atoms with van der Waals surface area (Å²) in [7, 11) is 0. The van der Waals surface area contributed by atoms with Crippen LogP contribution in [0, 0.1) is 0 Å². The lowest BCUT2D eigenvalue weighted by Crippen LogP contribution is -2.46. The first-order chi connectivity index (χ1) is 16.1. The number of fused-ring (bicyclic) bond motifs is 1. The van der Waals surface area contributed by atoms with Gasteiger partial charge >= 0.3 is 0 Å². The van der Waals surface area contributed by atoms with E-state index in [0.717, 1.165) is 61.7 Å². The highest BCUT2D eigenvalue weighted by molar-refractivity contribution is 7.18. The number of benzene rings is 2. The number of H-pyrrole nitrogens is 1. The van der Waals surface area contributed by atoms with Crippen molar-refractivity contribution >= 4 is 27.2 Å². The molecule has 9 heteroatoms. The number of aromatic nitrogens is 5. The molecule has 0 radical (unpaired) electrons. The number of ether oxygens (including phenoxy) is 1. The molecule has 5 rings (SSSR count). The number of rotatable bonds is 7. The third-order valence-corrected chi connectivity index (χ3v) is 6.93. The standard InChI is InChI=1S/C24H29N7OS/c1-4-17-13-18(32-16(2)3)14-20(23(17)24-26-28-29-27-24)31-11-9-30(10-12-31)15-22-25-19-7-5-6-8-21(19)33-22/h5-8,13-14,16H,4,9-12,15H2,1-3H3,(H,26,27,28,29). The fraction of sp³-hybridized carbons (Fsp3) is 0.417. The highest BCUT2D eigenvalue weighted by atomic mass is 32.1. The molecule has 2 aromatic heterocycles. The number of thiazole rings is 1. The summed E-state index contributed by atoms with van der Waals surface area (Å²) in [6.45, 7) is 10.9. The molecule has 8 nitrogen and oxygen atoms in total. The van der Waals surface area contributed by atoms with Gasteiger partial charge in [-0.2, -0.15) is 5.21 Å². The molecular formula is C24H29N7OS. The molecule has 0 spiro atoms. The summed E-state index contributed by atoms with van der Waals surface area (Å²) in [6.07, 6.45) is 0.980. The summed E-state index contributed by atoms with van der Waals surface area (Å²) in [5.41, 5.74) is 4.42. The maximum absolute atomic E-state index is 6.08. The van der Waals surface area contributed by atoms with Crippen molar-refractivity contribution in [2.45, 2.75) is 39.8 Å². The molecule has 0 aliphatic carbocycles. The van der Waals surface area contributed by atoms with E-state index in [0.29, 0.717) is 5.82 Å². The molecule has 1 saturated heterocycles. The first-order valence-electron chi connectivity index (χ1n) is 11.5. The molecule has 0 bridgehead atoms. The maximum Gasteiger partial charge on any atom is 0.207 e. The van der Waals surface area contributed by atoms with Gasteiger partial charge in [-0.3, -0.25) is 4.90 Å². The lowest BCUT2D eigenvalue weighted by atomic mass is 10.0. The van der Waals surface area contributed by atoms with Crippen molar-refractivity contribution in [3.63, 3.8) is 0 Å². The number of piperazine rings is 1. The Morgan fingerprint density at radius 3 is 2.64 bits per heavy atom. The second kappa shape index (κ2) is 9.44. The summed E-state index contributed by atoms with van der Waals surface area (Å²) in [5.74, 6) is 1.52. The van der Waals surface area contributed by atoms with Gasteiger partial charge in [0.05, 0.1) is 28.6 Å². The normalized spacial score (nSPS) is 15.0. The van der Waals surface area contributed by atoms with Crippen LogP contribution in [0.5, 0.6) is 5.75 Å². The molecule has 1 N–H and O–H groups in total. The van der Waals surface area contributed by atoms with Crippen LogP contribution in [0.4, 0.5) is 5.69 Å². The quantitative estimate of drug-likeness (QED) is 0.441. The Labute approximate surface area is 197 Å². The van der Waals surface area contributed by atoms with Gasteiger partial charge in [-0.15, -0.1) is 21.5 Å². The molecule has 1 fully saturated rings. The van der Waals surface area contributed by atoms with Crippen molar-refractivity contribution in [2.75, 3.05) is 31.1 Å². The highest BCUT2D eigenvalue weighted by Crippen LogP contribution is 2.37. The molecule has 1 aliphatic rings. The predicted octanol–water partition coefficient (Wildman–Crippen LogP) is 4.15. The van der Waals surface area contributed by atoms with Crippen LogP contribution in [0.25, 0.3) is 21.6 Å². The fourth-order valence-electron chi connectivity index (χ4n) is 4.38. The Morgan fingerprint density at radius 1 is 1.12 bits per heavy atom. The predicted molar refractivity (Wildman–Crippen MR) is 132 cm³/mol. The Morgan fingerprint density at radius 2 is 1.94 bits per heavy atom. The van der Waals surface area contributed by atoms with E-state index < -0.39 is 0 Å². The lowest BCUT2D eigenvalue weighted by molar-refractivity contribution is 0.241. The van der Waals surface area contributed by atoms with Crippen molar-refractivity contribution in [2.24, 2.45) is 0 Å². The van der Waals surface area contributed by atoms with Gasteiger partial charge in [0.1, 0.15) is 10.8 Å². The van der Waals surface area contributed by atoms with Gasteiger partial charge in [-0.1, -0.05) is 19.1 Å². The molecule has 172 valence electrons. The summed E-state index contributed by atoms with van der Waals surface area (Å²) in [4.78, 5) is 9.72. The number of para-hydroxylation sites is 1. The zero-order valence-corrected chi connectivity index (χ0v) is 20.1. The van der Waals surface area contributed by atoms with Crippen molar-refractivity contribution in [3.8, 4) is 17.1 Å². The van der Waals surface area contributed by atoms with E-state index in [-0.39, 0.29) is 6.10 Å². The van der Waals surface area contributed by atoms with Gasteiger partial charge in [-0.05, 0) is 49.2 Å². The number of tetrazole rings is 1. The number of nitrogens with one attached hydrogen (secondary N) is 1. The van der Waals surface area contributed by atoms with Crippen molar-refractivity contribution in [3.05, 3.63) is 47.0 Å². The van der Waals surface area contributed by atoms with E-state index in [4.69, 9.17) is 9.72 Å². The lowest BCUT2D eigenvalue weighted by Gasteiger charge is -2.37. The maximum atomic E-state index is 6.08. The van der Waals surface area contributed by atoms with Gasteiger partial charge in [0, 0.05) is 37.8 Å². The van der Waals surface area contributed by atoms with E-state index >= 15 is 0 Å². The second-order valence-corrected chi connectivity index (χ2v) is 9.69. The minimum absolute atomic E-state index is 0.115. The van der Waals surface area contributed by atoms with Crippen molar-refractivity contribution < 1.29 is 4.74 Å². The van der Waals surface area contributed by atoms with Crippen LogP contribution in [0.3, 0.4) is 0 Å². The zero-order valence-electron chi connectivity index (χ0n) is 19.3. The van der Waals surface area contributed by atoms with Crippen LogP contribution in [0.15, 0.2) is 36.4 Å². The molecular weight excluding hydrogens is 434 g/mol. The molecule has 3 heterocycles. The topological polar surface area (TPSA) is 83.1 Å². The summed E-state index contributed by atoms with van der Waals surface area (Å²) < 4.78 is 7.34. The van der Waals surface area contributed by atoms with E-state index in [1.54, 1.807) is 11.3 Å². The molecule has 33 heavy (non-hydrogen) atoms. The van der Waals surface area contributed by atoms with Gasteiger partial charge in [0.2, 0.25) is 5.82 Å². The largest absolute Gasteiger partial charge is 0.491 e. The Kier molecular flexibility index (Phi) is 6.24. The number of anilines is 1. The second-order valence-electron chi connectivity index (χ2n) is 8.57. The van der Waals surface area contributed by atoms with E-state index in [9.17, 15) is 0 Å². The number of hydrogen-bond donors (Lipinski definition) is 1. The molecule has 1 aliphatic heterocycles. The number of hydrogen-bond acceptors (Lipinski definition) is 8. The first kappa shape index (κ1) is 21.8. The van der Waals surface area contributed by atoms with Crippen LogP contribution in [0.2, 0.25) is 0 Å². The smallest absolute Gasteiger partial charge is 0.207 e. The van der Waals surface area contributed by atoms with Crippen LogP contribution in [-0.2, 0) is 13.0 Å². The summed E-state index contributed by atoms with van der Waals surface area (Å²) in [6, 6.07) is 12.6. The van der Waals surface area contributed by atoms with Crippen LogP contribution in [-0.4, -0.2) is 62.8 Å². The van der Waals surface area contributed by atoms with Gasteiger partial charge < -0.3 is 9.64 Å². The van der Waals surface area contributed by atoms with Gasteiger partial charge in [0.15, 0.2) is 0 Å². The van der Waals surface area contributed by atoms with Crippen molar-refractivity contribution in [1.82, 2.24) is 30.5 Å². The minimum atomic E-state index is 0.115. The zero-order chi connectivity index (χ0) is 22.8. The Hall–Kier alpha value is -3.04. The molecule has 0 saturated carbocycles. The molecule has 0 amide bonds. The SMILES string of the molecule is CCc1cc(OC(C)C)cc(N2CCN(Cc3nc4ccccc4s3)CC2)c1-c1nn[nH]n1. The van der Waals surface area contributed by atoms with E-state index in [1.807, 2.05) is 6.07 Å². The Bertz CT molecular complexity index is 1180. The molecule has 0 unspecified atom stereocenters. The van der Waals surface area contributed by atoms with E-state index in [2.05, 4.69) is 81.5 Å². The number of aryl methyl sites for hydroxylation is 1. The summed E-state index contributed by atoms with van der Waals surface area (Å²) >= 11 is 1.79. The van der Waals surface area contributed by atoms with Gasteiger partial charge in [0.25, 0.3) is 0 Å². The average molecular weight is 464 g/mol. The highest BCUT2D eigenvalue weighted by Gasteiger charge is 2.25.